The van der Waals surface area contributed by atoms with Crippen molar-refractivity contribution in [3.05, 3.63) is 157 Å². The Hall–Kier alpha value is -6.80. The Morgan fingerprint density at radius 1 is 0.312 bits per heavy atom. The molecule has 0 spiro atoms. The summed E-state index contributed by atoms with van der Waals surface area (Å²) in [7, 11) is 0. The highest BCUT2D eigenvalue weighted by atomic mass is 16.1. The summed E-state index contributed by atoms with van der Waals surface area (Å²) in [6.07, 6.45) is 18.3. The Balaban J connectivity index is 1.53. The quantitative estimate of drug-likeness (QED) is 0.136. The standard InChI is InChI=1S/C40H26N4O4/c45-23-27-5-13-41(14-6-27)35-21-37(43-17-9-29(25-47)10-18-43)33-3-4-34-38(44-19-11-30(26-48)12-20-44)22-36(42-15-7-28(24-46)8-16-42)32-2-1-31(35)39(33)40(32)34/h1-26H/q+4. The lowest BCUT2D eigenvalue weighted by molar-refractivity contribution is -0.602. The number of hydrogen-bond donors (Lipinski definition) is 0. The lowest BCUT2D eigenvalue weighted by atomic mass is 9.90. The molecule has 4 aromatic carbocycles. The van der Waals surface area contributed by atoms with E-state index in [0.717, 1.165) is 80.2 Å². The van der Waals surface area contributed by atoms with E-state index in [9.17, 15) is 19.2 Å². The topological polar surface area (TPSA) is 83.8 Å². The van der Waals surface area contributed by atoms with E-state index in [-0.39, 0.29) is 0 Å². The molecule has 0 saturated heterocycles. The summed E-state index contributed by atoms with van der Waals surface area (Å²) in [6, 6.07) is 27.0. The third kappa shape index (κ3) is 4.63. The highest BCUT2D eigenvalue weighted by Gasteiger charge is 2.29. The highest BCUT2D eigenvalue weighted by Crippen LogP contribution is 2.41. The molecule has 0 amide bonds. The largest absolute Gasteiger partial charge is 0.298 e. The Morgan fingerprint density at radius 3 is 0.708 bits per heavy atom. The zero-order valence-corrected chi connectivity index (χ0v) is 25.4. The molecule has 4 aromatic heterocycles. The first-order chi connectivity index (χ1) is 23.6. The van der Waals surface area contributed by atoms with Crippen molar-refractivity contribution in [1.29, 1.82) is 0 Å². The molecule has 0 unspecified atom stereocenters. The summed E-state index contributed by atoms with van der Waals surface area (Å²) in [4.78, 5) is 45.9. The Labute approximate surface area is 274 Å². The van der Waals surface area contributed by atoms with Crippen LogP contribution in [0.25, 0.3) is 55.1 Å². The van der Waals surface area contributed by atoms with E-state index in [1.54, 1.807) is 48.5 Å². The maximum absolute atomic E-state index is 11.5. The summed E-state index contributed by atoms with van der Waals surface area (Å²) in [6.45, 7) is 0. The number of hydrogen-bond acceptors (Lipinski definition) is 4. The Morgan fingerprint density at radius 2 is 0.521 bits per heavy atom. The van der Waals surface area contributed by atoms with Crippen LogP contribution in [0.3, 0.4) is 0 Å². The smallest absolute Gasteiger partial charge is 0.225 e. The van der Waals surface area contributed by atoms with Crippen LogP contribution < -0.4 is 18.3 Å². The van der Waals surface area contributed by atoms with Crippen LogP contribution in [-0.4, -0.2) is 25.1 Å². The SMILES string of the molecule is O=Cc1cc[n+](-c2cc(-[n+]3ccc(C=O)cc3)c3ccc4c(-[n+]5ccc(C=O)cc5)cc(-[n+]5ccc(C=O)cc5)c5ccc2c3c54)cc1. The van der Waals surface area contributed by atoms with Gasteiger partial charge in [0.25, 0.3) is 0 Å². The van der Waals surface area contributed by atoms with E-state index in [2.05, 4.69) is 36.4 Å². The van der Waals surface area contributed by atoms with Gasteiger partial charge >= 0.3 is 0 Å². The van der Waals surface area contributed by atoms with Crippen molar-refractivity contribution in [2.24, 2.45) is 0 Å². The number of rotatable bonds is 8. The molecule has 0 N–H and O–H groups in total. The van der Waals surface area contributed by atoms with Gasteiger partial charge in [0.05, 0.1) is 33.7 Å². The number of carbonyl (C=O) groups excluding carboxylic acids is 4. The average molecular weight is 627 g/mol. The second kappa shape index (κ2) is 11.5. The molecule has 8 rings (SSSR count). The van der Waals surface area contributed by atoms with Crippen molar-refractivity contribution < 1.29 is 37.4 Å². The van der Waals surface area contributed by atoms with Gasteiger partial charge in [-0.05, 0) is 24.3 Å². The zero-order valence-electron chi connectivity index (χ0n) is 25.4. The molecule has 0 atom stereocenters. The minimum absolute atomic E-state index is 0.576. The predicted octanol–water partition coefficient (Wildman–Crippen LogP) is 4.94. The van der Waals surface area contributed by atoms with Crippen molar-refractivity contribution in [3.63, 3.8) is 0 Å². The minimum Gasteiger partial charge on any atom is -0.298 e. The molecule has 4 heterocycles. The lowest BCUT2D eigenvalue weighted by Gasteiger charge is -2.14. The van der Waals surface area contributed by atoms with Gasteiger partial charge < -0.3 is 0 Å². The molecule has 226 valence electrons. The van der Waals surface area contributed by atoms with E-state index >= 15 is 0 Å². The van der Waals surface area contributed by atoms with Crippen LogP contribution in [0.4, 0.5) is 0 Å². The Kier molecular flexibility index (Phi) is 6.88. The number of aldehydes is 4. The molecule has 0 aliphatic rings. The molecule has 8 aromatic rings. The summed E-state index contributed by atoms with van der Waals surface area (Å²) in [5.74, 6) is 0. The molecule has 0 fully saturated rings. The van der Waals surface area contributed by atoms with Crippen LogP contribution in [0.15, 0.2) is 135 Å². The monoisotopic (exact) mass is 626 g/mol. The van der Waals surface area contributed by atoms with Crippen molar-refractivity contribution in [3.8, 4) is 22.7 Å². The molecule has 0 aliphatic heterocycles. The summed E-state index contributed by atoms with van der Waals surface area (Å²) in [5.41, 5.74) is 5.95. The van der Waals surface area contributed by atoms with E-state index in [1.165, 1.54) is 0 Å². The maximum Gasteiger partial charge on any atom is 0.225 e. The van der Waals surface area contributed by atoms with Crippen LogP contribution in [0.1, 0.15) is 41.4 Å². The van der Waals surface area contributed by atoms with Gasteiger partial charge in [-0.3, -0.25) is 19.2 Å². The maximum atomic E-state index is 11.5. The Bertz CT molecular complexity index is 2190. The van der Waals surface area contributed by atoms with Crippen molar-refractivity contribution in [2.75, 3.05) is 0 Å². The zero-order chi connectivity index (χ0) is 32.8. The van der Waals surface area contributed by atoms with Crippen molar-refractivity contribution in [2.45, 2.75) is 0 Å². The second-order valence-electron chi connectivity index (χ2n) is 11.5. The molecule has 0 radical (unpaired) electrons. The second-order valence-corrected chi connectivity index (χ2v) is 11.5. The molecule has 0 saturated carbocycles. The first-order valence-corrected chi connectivity index (χ1v) is 15.3. The molecule has 0 bridgehead atoms. The third-order valence-corrected chi connectivity index (χ3v) is 8.89. The predicted molar refractivity (Wildman–Crippen MR) is 178 cm³/mol. The van der Waals surface area contributed by atoms with Gasteiger partial charge in [-0.1, -0.05) is 0 Å². The molecule has 8 heteroatoms. The fourth-order valence-corrected chi connectivity index (χ4v) is 6.48. The normalized spacial score (nSPS) is 11.2. The first-order valence-electron chi connectivity index (χ1n) is 15.3. The van der Waals surface area contributed by atoms with Gasteiger partial charge in [-0.15, -0.1) is 0 Å². The van der Waals surface area contributed by atoms with Crippen LogP contribution in [0, 0.1) is 0 Å². The fraction of sp³-hybridized carbons (Fsp3) is 0. The molecule has 8 nitrogen and oxygen atoms in total. The van der Waals surface area contributed by atoms with Gasteiger partial charge in [0.1, 0.15) is 0 Å². The molecule has 0 aliphatic carbocycles. The lowest BCUT2D eigenvalue weighted by Crippen LogP contribution is -2.35. The summed E-state index contributed by atoms with van der Waals surface area (Å²) in [5, 5.41) is 6.10. The number of nitrogens with zero attached hydrogens (tertiary/aromatic N) is 4. The van der Waals surface area contributed by atoms with E-state index in [0.29, 0.717) is 22.3 Å². The van der Waals surface area contributed by atoms with Gasteiger partial charge in [0, 0.05) is 81.6 Å². The summed E-state index contributed by atoms with van der Waals surface area (Å²) >= 11 is 0. The number of pyridine rings is 4. The summed E-state index contributed by atoms with van der Waals surface area (Å²) < 4.78 is 8.02. The van der Waals surface area contributed by atoms with Crippen molar-refractivity contribution in [1.82, 2.24) is 0 Å². The van der Waals surface area contributed by atoms with Crippen molar-refractivity contribution >= 4 is 57.5 Å². The molecular weight excluding hydrogens is 600 g/mol. The van der Waals surface area contributed by atoms with E-state index < -0.39 is 0 Å². The molecule has 48 heavy (non-hydrogen) atoms. The van der Waals surface area contributed by atoms with Crippen LogP contribution in [0.2, 0.25) is 0 Å². The molecular formula is C40H26N4O4+4. The van der Waals surface area contributed by atoms with Gasteiger partial charge in [0.15, 0.2) is 74.7 Å². The fourth-order valence-electron chi connectivity index (χ4n) is 6.48. The van der Waals surface area contributed by atoms with E-state index in [1.807, 2.05) is 67.8 Å². The van der Waals surface area contributed by atoms with Crippen LogP contribution >= 0.6 is 0 Å². The number of aromatic nitrogens is 4. The average Bonchev–Trinajstić information content (AvgIpc) is 3.16. The van der Waals surface area contributed by atoms with Gasteiger partial charge in [-0.2, -0.15) is 18.3 Å². The highest BCUT2D eigenvalue weighted by molar-refractivity contribution is 6.27. The third-order valence-electron chi connectivity index (χ3n) is 8.89. The minimum atomic E-state index is 0.576. The van der Waals surface area contributed by atoms with Crippen LogP contribution in [-0.2, 0) is 0 Å². The number of carbonyl (C=O) groups is 4. The van der Waals surface area contributed by atoms with Crippen LogP contribution in [0.5, 0.6) is 0 Å². The first kappa shape index (κ1) is 28.7. The van der Waals surface area contributed by atoms with E-state index in [4.69, 9.17) is 0 Å². The number of benzene rings is 4. The van der Waals surface area contributed by atoms with Gasteiger partial charge in [-0.25, -0.2) is 0 Å². The van der Waals surface area contributed by atoms with Gasteiger partial charge in [0.2, 0.25) is 22.7 Å².